The van der Waals surface area contributed by atoms with Crippen molar-refractivity contribution in [3.05, 3.63) is 35.4 Å². The van der Waals surface area contributed by atoms with Crippen molar-refractivity contribution >= 4 is 5.97 Å². The van der Waals surface area contributed by atoms with Crippen LogP contribution < -0.4 is 0 Å². The van der Waals surface area contributed by atoms with Crippen LogP contribution in [0.3, 0.4) is 0 Å². The minimum atomic E-state index is -1.59. The number of carbonyl (C=O) groups excluding carboxylic acids is 1. The summed E-state index contributed by atoms with van der Waals surface area (Å²) in [5.41, 5.74) is 0.153. The van der Waals surface area contributed by atoms with E-state index in [1.165, 1.54) is 14.0 Å². The van der Waals surface area contributed by atoms with Crippen molar-refractivity contribution in [1.29, 1.82) is 0 Å². The summed E-state index contributed by atoms with van der Waals surface area (Å²) < 4.78 is 4.58. The third-order valence-corrected chi connectivity index (χ3v) is 2.90. The number of carbonyl (C=O) groups is 1. The molecule has 0 spiro atoms. The molecule has 1 unspecified atom stereocenters. The summed E-state index contributed by atoms with van der Waals surface area (Å²) in [4.78, 5) is 11.4. The summed E-state index contributed by atoms with van der Waals surface area (Å²) in [7, 11) is 1.26. The molecule has 0 fully saturated rings. The highest BCUT2D eigenvalue weighted by molar-refractivity contribution is 5.80. The number of hydrogen-bond acceptors (Lipinski definition) is 3. The van der Waals surface area contributed by atoms with Crippen LogP contribution in [0.15, 0.2) is 24.3 Å². The zero-order valence-corrected chi connectivity index (χ0v) is 11.1. The van der Waals surface area contributed by atoms with Crippen LogP contribution in [0.5, 0.6) is 0 Å². The third-order valence-electron chi connectivity index (χ3n) is 2.90. The molecular weight excluding hydrogens is 216 g/mol. The molecule has 3 heteroatoms. The van der Waals surface area contributed by atoms with Crippen LogP contribution in [-0.4, -0.2) is 18.2 Å². The molecule has 1 rings (SSSR count). The second kappa shape index (κ2) is 4.49. The van der Waals surface area contributed by atoms with Crippen molar-refractivity contribution in [2.75, 3.05) is 7.11 Å². The van der Waals surface area contributed by atoms with Gasteiger partial charge in [-0.2, -0.15) is 0 Å². The molecule has 0 saturated carbocycles. The second-order valence-corrected chi connectivity index (χ2v) is 5.39. The lowest BCUT2D eigenvalue weighted by molar-refractivity contribution is -0.161. The summed E-state index contributed by atoms with van der Waals surface area (Å²) in [6.07, 6.45) is 0. The Bertz CT molecular complexity index is 396. The Morgan fingerprint density at radius 1 is 1.06 bits per heavy atom. The molecule has 17 heavy (non-hydrogen) atoms. The quantitative estimate of drug-likeness (QED) is 0.802. The fraction of sp³-hybridized carbons (Fsp3) is 0.500. The lowest BCUT2D eigenvalue weighted by Gasteiger charge is -2.23. The van der Waals surface area contributed by atoms with E-state index in [1.807, 2.05) is 12.1 Å². The van der Waals surface area contributed by atoms with Gasteiger partial charge in [0.05, 0.1) is 7.11 Å². The number of hydrogen-bond donors (Lipinski definition) is 1. The first-order valence-corrected chi connectivity index (χ1v) is 5.61. The molecule has 0 heterocycles. The van der Waals surface area contributed by atoms with Gasteiger partial charge in [0.15, 0.2) is 5.60 Å². The molecule has 0 aliphatic rings. The topological polar surface area (TPSA) is 46.5 Å². The molecule has 0 bridgehead atoms. The van der Waals surface area contributed by atoms with Gasteiger partial charge in [0.1, 0.15) is 0 Å². The van der Waals surface area contributed by atoms with Crippen molar-refractivity contribution in [1.82, 2.24) is 0 Å². The average molecular weight is 236 g/mol. The molecule has 0 aliphatic heterocycles. The second-order valence-electron chi connectivity index (χ2n) is 5.39. The van der Waals surface area contributed by atoms with Crippen LogP contribution in [0.4, 0.5) is 0 Å². The Morgan fingerprint density at radius 2 is 1.47 bits per heavy atom. The molecule has 3 nitrogen and oxygen atoms in total. The minimum absolute atomic E-state index is 0.0512. The number of aliphatic hydroxyl groups is 1. The van der Waals surface area contributed by atoms with Gasteiger partial charge in [0.2, 0.25) is 0 Å². The van der Waals surface area contributed by atoms with Crippen molar-refractivity contribution in [2.24, 2.45) is 0 Å². The van der Waals surface area contributed by atoms with Crippen LogP contribution in [-0.2, 0) is 20.5 Å². The number of rotatable bonds is 2. The molecule has 1 N–H and O–H groups in total. The minimum Gasteiger partial charge on any atom is -0.467 e. The molecule has 0 aromatic heterocycles. The van der Waals surface area contributed by atoms with Gasteiger partial charge in [0.25, 0.3) is 0 Å². The van der Waals surface area contributed by atoms with Gasteiger partial charge in [0, 0.05) is 0 Å². The van der Waals surface area contributed by atoms with Gasteiger partial charge in [-0.05, 0) is 23.5 Å². The van der Waals surface area contributed by atoms with Gasteiger partial charge in [-0.3, -0.25) is 0 Å². The van der Waals surface area contributed by atoms with Crippen molar-refractivity contribution in [2.45, 2.75) is 38.7 Å². The van der Waals surface area contributed by atoms with E-state index in [1.54, 1.807) is 12.1 Å². The Balaban J connectivity index is 3.07. The third kappa shape index (κ3) is 2.86. The summed E-state index contributed by atoms with van der Waals surface area (Å²) in [6.45, 7) is 7.77. The summed E-state index contributed by atoms with van der Waals surface area (Å²) >= 11 is 0. The standard InChI is InChI=1S/C14H20O3/c1-13(2,3)10-6-8-11(9-7-10)14(4,16)12(15)17-5/h6-9,16H,1-5H3. The molecule has 0 radical (unpaired) electrons. The maximum atomic E-state index is 11.4. The molecule has 0 saturated heterocycles. The molecule has 1 atom stereocenters. The molecule has 0 aliphatic carbocycles. The average Bonchev–Trinajstić information content (AvgIpc) is 2.27. The van der Waals surface area contributed by atoms with E-state index in [0.717, 1.165) is 5.56 Å². The summed E-state index contributed by atoms with van der Waals surface area (Å²) in [6, 6.07) is 7.37. The predicted molar refractivity (Wildman–Crippen MR) is 66.7 cm³/mol. The van der Waals surface area contributed by atoms with Crippen LogP contribution in [0.1, 0.15) is 38.8 Å². The van der Waals surface area contributed by atoms with E-state index in [4.69, 9.17) is 0 Å². The van der Waals surface area contributed by atoms with E-state index < -0.39 is 11.6 Å². The number of methoxy groups -OCH3 is 1. The van der Waals surface area contributed by atoms with E-state index in [0.29, 0.717) is 5.56 Å². The number of esters is 1. The van der Waals surface area contributed by atoms with E-state index in [-0.39, 0.29) is 5.41 Å². The first-order chi connectivity index (χ1) is 7.69. The van der Waals surface area contributed by atoms with Crippen LogP contribution in [0.2, 0.25) is 0 Å². The van der Waals surface area contributed by atoms with Crippen LogP contribution in [0, 0.1) is 0 Å². The largest absolute Gasteiger partial charge is 0.467 e. The predicted octanol–water partition coefficient (Wildman–Crippen LogP) is 2.36. The zero-order valence-electron chi connectivity index (χ0n) is 11.1. The highest BCUT2D eigenvalue weighted by atomic mass is 16.5. The smallest absolute Gasteiger partial charge is 0.342 e. The lowest BCUT2D eigenvalue weighted by Crippen LogP contribution is -2.33. The molecule has 0 amide bonds. The highest BCUT2D eigenvalue weighted by Crippen LogP contribution is 2.26. The maximum absolute atomic E-state index is 11.4. The Kier molecular flexibility index (Phi) is 3.62. The molecule has 1 aromatic rings. The number of ether oxygens (including phenoxy) is 1. The van der Waals surface area contributed by atoms with Crippen LogP contribution in [0.25, 0.3) is 0 Å². The Hall–Kier alpha value is -1.35. The van der Waals surface area contributed by atoms with Gasteiger partial charge in [-0.15, -0.1) is 0 Å². The molecule has 1 aromatic carbocycles. The normalized spacial score (nSPS) is 15.2. The fourth-order valence-corrected chi connectivity index (χ4v) is 1.61. The summed E-state index contributed by atoms with van der Waals surface area (Å²) in [5.74, 6) is -0.652. The zero-order chi connectivity index (χ0) is 13.3. The van der Waals surface area contributed by atoms with Crippen molar-refractivity contribution < 1.29 is 14.6 Å². The van der Waals surface area contributed by atoms with Gasteiger partial charge in [-0.25, -0.2) is 4.79 Å². The lowest BCUT2D eigenvalue weighted by atomic mass is 9.85. The SMILES string of the molecule is COC(=O)C(C)(O)c1ccc(C(C)(C)C)cc1. The monoisotopic (exact) mass is 236 g/mol. The Morgan fingerprint density at radius 3 is 1.82 bits per heavy atom. The van der Waals surface area contributed by atoms with Crippen LogP contribution >= 0.6 is 0 Å². The van der Waals surface area contributed by atoms with Gasteiger partial charge < -0.3 is 9.84 Å². The van der Waals surface area contributed by atoms with Crippen molar-refractivity contribution in [3.63, 3.8) is 0 Å². The molecule has 94 valence electrons. The van der Waals surface area contributed by atoms with Crippen molar-refractivity contribution in [3.8, 4) is 0 Å². The number of benzene rings is 1. The Labute approximate surface area is 102 Å². The van der Waals surface area contributed by atoms with E-state index >= 15 is 0 Å². The van der Waals surface area contributed by atoms with Gasteiger partial charge >= 0.3 is 5.97 Å². The molecular formula is C14H20O3. The van der Waals surface area contributed by atoms with E-state index in [9.17, 15) is 9.90 Å². The maximum Gasteiger partial charge on any atom is 0.342 e. The highest BCUT2D eigenvalue weighted by Gasteiger charge is 2.33. The fourth-order valence-electron chi connectivity index (χ4n) is 1.61. The summed E-state index contributed by atoms with van der Waals surface area (Å²) in [5, 5.41) is 10.1. The first-order valence-electron chi connectivity index (χ1n) is 5.61. The van der Waals surface area contributed by atoms with Gasteiger partial charge in [-0.1, -0.05) is 45.0 Å². The van der Waals surface area contributed by atoms with E-state index in [2.05, 4.69) is 25.5 Å². The first kappa shape index (κ1) is 13.7.